The molecule has 0 aliphatic carbocycles. The Morgan fingerprint density at radius 3 is 2.40 bits per heavy atom. The lowest BCUT2D eigenvalue weighted by Crippen LogP contribution is -2.51. The van der Waals surface area contributed by atoms with Crippen LogP contribution in [0.4, 0.5) is 0 Å². The summed E-state index contributed by atoms with van der Waals surface area (Å²) < 4.78 is 37.5. The number of likely N-dealkylation sites (N-methyl/N-ethyl adjacent to an activating group) is 1. The third-order valence-corrected chi connectivity index (χ3v) is 7.00. The predicted octanol–water partition coefficient (Wildman–Crippen LogP) is 0.802. The van der Waals surface area contributed by atoms with Crippen molar-refractivity contribution in [2.45, 2.75) is 16.6 Å². The smallest absolute Gasteiger partial charge is 0.243 e. The number of methoxy groups -OCH3 is 1. The maximum atomic E-state index is 12.8. The number of nitrogens with zero attached hydrogens (tertiary/aromatic N) is 2. The van der Waals surface area contributed by atoms with Crippen LogP contribution in [0.25, 0.3) is 0 Å². The number of β-amino-alcohol motifs (C(OH)–C–C–N with tert-alkyl or cyclic N) is 2. The number of ether oxygens (including phenoxy) is 2. The van der Waals surface area contributed by atoms with Crippen LogP contribution >= 0.6 is 0 Å². The molecule has 1 fully saturated rings. The number of hydrogen-bond acceptors (Lipinski definition) is 7. The highest BCUT2D eigenvalue weighted by atomic mass is 32.2. The highest BCUT2D eigenvalue weighted by Gasteiger charge is 2.49. The lowest BCUT2D eigenvalue weighted by atomic mass is 10.00. The molecule has 30 heavy (non-hydrogen) atoms. The van der Waals surface area contributed by atoms with Gasteiger partial charge in [-0.2, -0.15) is 4.31 Å². The van der Waals surface area contributed by atoms with Crippen molar-refractivity contribution in [2.24, 2.45) is 0 Å². The van der Waals surface area contributed by atoms with Gasteiger partial charge >= 0.3 is 0 Å². The van der Waals surface area contributed by atoms with E-state index in [4.69, 9.17) is 9.47 Å². The van der Waals surface area contributed by atoms with Crippen LogP contribution in [-0.4, -0.2) is 86.5 Å². The molecule has 0 spiro atoms. The molecule has 2 aromatic carbocycles. The highest BCUT2D eigenvalue weighted by Crippen LogP contribution is 2.28. The van der Waals surface area contributed by atoms with Gasteiger partial charge in [-0.05, 0) is 43.4 Å². The fourth-order valence-electron chi connectivity index (χ4n) is 3.46. The number of benzene rings is 2. The summed E-state index contributed by atoms with van der Waals surface area (Å²) in [5.41, 5.74) is -1.56. The predicted molar refractivity (Wildman–Crippen MR) is 112 cm³/mol. The Labute approximate surface area is 177 Å². The molecule has 1 saturated heterocycles. The second-order valence-electron chi connectivity index (χ2n) is 7.49. The minimum atomic E-state index is -3.78. The van der Waals surface area contributed by atoms with Crippen molar-refractivity contribution in [2.75, 3.05) is 46.9 Å². The van der Waals surface area contributed by atoms with Crippen molar-refractivity contribution >= 4 is 10.0 Å². The zero-order valence-electron chi connectivity index (χ0n) is 17.1. The van der Waals surface area contributed by atoms with E-state index < -0.39 is 21.7 Å². The van der Waals surface area contributed by atoms with Crippen LogP contribution < -0.4 is 9.47 Å². The molecule has 2 aromatic rings. The maximum absolute atomic E-state index is 12.8. The van der Waals surface area contributed by atoms with Gasteiger partial charge in [0.25, 0.3) is 0 Å². The molecule has 0 unspecified atom stereocenters. The van der Waals surface area contributed by atoms with Gasteiger partial charge in [0.1, 0.15) is 23.7 Å². The SMILES string of the molecule is COc1ccc(OCCN(C)C[C@]2(O)CN(S(=O)(=O)c3ccccc3)C[C@H]2O)cc1. The Hall–Kier alpha value is -2.17. The molecular formula is C21H28N2O6S. The molecule has 0 amide bonds. The average Bonchev–Trinajstić information content (AvgIpc) is 3.04. The molecule has 9 heteroatoms. The third-order valence-electron chi connectivity index (χ3n) is 5.17. The second kappa shape index (κ2) is 9.32. The number of rotatable bonds is 9. The van der Waals surface area contributed by atoms with Crippen LogP contribution in [0.2, 0.25) is 0 Å². The van der Waals surface area contributed by atoms with Crippen molar-refractivity contribution in [3.8, 4) is 11.5 Å². The molecule has 0 saturated carbocycles. The van der Waals surface area contributed by atoms with Gasteiger partial charge in [0.05, 0.1) is 18.1 Å². The number of aliphatic hydroxyl groups excluding tert-OH is 1. The van der Waals surface area contributed by atoms with Gasteiger partial charge in [0.2, 0.25) is 10.0 Å². The zero-order valence-corrected chi connectivity index (χ0v) is 18.0. The number of aliphatic hydroxyl groups is 2. The van der Waals surface area contributed by atoms with E-state index in [1.807, 2.05) is 4.90 Å². The summed E-state index contributed by atoms with van der Waals surface area (Å²) >= 11 is 0. The summed E-state index contributed by atoms with van der Waals surface area (Å²) in [6.07, 6.45) is -1.18. The third kappa shape index (κ3) is 5.11. The van der Waals surface area contributed by atoms with Crippen molar-refractivity contribution in [1.29, 1.82) is 0 Å². The van der Waals surface area contributed by atoms with Crippen LogP contribution in [0.15, 0.2) is 59.5 Å². The minimum absolute atomic E-state index is 0.112. The van der Waals surface area contributed by atoms with E-state index in [1.54, 1.807) is 56.6 Å². The first-order chi connectivity index (χ1) is 14.2. The van der Waals surface area contributed by atoms with E-state index >= 15 is 0 Å². The molecule has 0 bridgehead atoms. The van der Waals surface area contributed by atoms with E-state index in [0.29, 0.717) is 18.9 Å². The molecule has 2 atom stereocenters. The van der Waals surface area contributed by atoms with Gasteiger partial charge in [-0.25, -0.2) is 8.42 Å². The van der Waals surface area contributed by atoms with Gasteiger partial charge in [-0.1, -0.05) is 18.2 Å². The van der Waals surface area contributed by atoms with Gasteiger partial charge < -0.3 is 19.7 Å². The lowest BCUT2D eigenvalue weighted by molar-refractivity contribution is -0.0581. The largest absolute Gasteiger partial charge is 0.497 e. The molecular weight excluding hydrogens is 408 g/mol. The quantitative estimate of drug-likeness (QED) is 0.600. The van der Waals surface area contributed by atoms with Gasteiger partial charge in [-0.3, -0.25) is 4.90 Å². The van der Waals surface area contributed by atoms with Crippen LogP contribution in [0, 0.1) is 0 Å². The summed E-state index contributed by atoms with van der Waals surface area (Å²) in [4.78, 5) is 1.95. The number of sulfonamides is 1. The van der Waals surface area contributed by atoms with Gasteiger partial charge in [0.15, 0.2) is 0 Å². The van der Waals surface area contributed by atoms with Crippen LogP contribution in [0.3, 0.4) is 0 Å². The van der Waals surface area contributed by atoms with E-state index in [1.165, 1.54) is 12.1 Å². The van der Waals surface area contributed by atoms with Crippen molar-refractivity contribution < 1.29 is 28.1 Å². The monoisotopic (exact) mass is 436 g/mol. The first-order valence-corrected chi connectivity index (χ1v) is 11.1. The highest BCUT2D eigenvalue weighted by molar-refractivity contribution is 7.89. The Balaban J connectivity index is 1.54. The Morgan fingerprint density at radius 2 is 1.77 bits per heavy atom. The maximum Gasteiger partial charge on any atom is 0.243 e. The minimum Gasteiger partial charge on any atom is -0.497 e. The van der Waals surface area contributed by atoms with E-state index in [-0.39, 0.29) is 24.5 Å². The summed E-state index contributed by atoms with van der Waals surface area (Å²) in [6.45, 7) is 0.660. The summed E-state index contributed by atoms with van der Waals surface area (Å²) in [5.74, 6) is 1.44. The molecule has 8 nitrogen and oxygen atoms in total. The Bertz CT molecular complexity index is 922. The summed E-state index contributed by atoms with van der Waals surface area (Å²) in [6, 6.07) is 15.2. The Kier molecular flexibility index (Phi) is 6.99. The van der Waals surface area contributed by atoms with Crippen LogP contribution in [-0.2, 0) is 10.0 Å². The topological polar surface area (TPSA) is 99.5 Å². The Morgan fingerprint density at radius 1 is 1.13 bits per heavy atom. The standard InChI is InChI=1S/C21H28N2O6S/c1-22(12-13-29-18-10-8-17(28-2)9-11-18)15-21(25)16-23(14-20(21)24)30(26,27)19-6-4-3-5-7-19/h3-11,20,24-25H,12-16H2,1-2H3/t20-,21+/m1/s1. The van der Waals surface area contributed by atoms with Gasteiger partial charge in [-0.15, -0.1) is 0 Å². The van der Waals surface area contributed by atoms with Crippen LogP contribution in [0.5, 0.6) is 11.5 Å². The summed E-state index contributed by atoms with van der Waals surface area (Å²) in [5, 5.41) is 21.3. The van der Waals surface area contributed by atoms with Crippen molar-refractivity contribution in [1.82, 2.24) is 9.21 Å². The molecule has 164 valence electrons. The zero-order chi connectivity index (χ0) is 21.8. The molecule has 1 aliphatic rings. The van der Waals surface area contributed by atoms with Crippen molar-refractivity contribution in [3.63, 3.8) is 0 Å². The average molecular weight is 437 g/mol. The lowest BCUT2D eigenvalue weighted by Gasteiger charge is -2.31. The summed E-state index contributed by atoms with van der Waals surface area (Å²) in [7, 11) is -0.393. The molecule has 1 heterocycles. The van der Waals surface area contributed by atoms with Crippen LogP contribution in [0.1, 0.15) is 0 Å². The molecule has 1 aliphatic heterocycles. The molecule has 3 rings (SSSR count). The molecule has 0 radical (unpaired) electrons. The van der Waals surface area contributed by atoms with Gasteiger partial charge in [0, 0.05) is 26.2 Å². The first kappa shape index (κ1) is 22.5. The second-order valence-corrected chi connectivity index (χ2v) is 9.43. The van der Waals surface area contributed by atoms with E-state index in [9.17, 15) is 18.6 Å². The normalized spacial score (nSPS) is 22.4. The fraction of sp³-hybridized carbons (Fsp3) is 0.429. The van der Waals surface area contributed by atoms with Crippen molar-refractivity contribution in [3.05, 3.63) is 54.6 Å². The fourth-order valence-corrected chi connectivity index (χ4v) is 4.99. The molecule has 2 N–H and O–H groups in total. The molecule has 0 aromatic heterocycles. The first-order valence-electron chi connectivity index (χ1n) is 9.66. The van der Waals surface area contributed by atoms with E-state index in [2.05, 4.69) is 0 Å². The number of hydrogen-bond donors (Lipinski definition) is 2. The van der Waals surface area contributed by atoms with E-state index in [0.717, 1.165) is 10.1 Å².